The van der Waals surface area contributed by atoms with Crippen LogP contribution in [0.25, 0.3) is 0 Å². The van der Waals surface area contributed by atoms with Crippen LogP contribution in [0.5, 0.6) is 0 Å². The number of carbonyl (C=O) groups excluding carboxylic acids is 1. The summed E-state index contributed by atoms with van der Waals surface area (Å²) in [6, 6.07) is 0. The van der Waals surface area contributed by atoms with Crippen molar-refractivity contribution in [1.29, 1.82) is 0 Å². The summed E-state index contributed by atoms with van der Waals surface area (Å²) >= 11 is 0. The Labute approximate surface area is 130 Å². The summed E-state index contributed by atoms with van der Waals surface area (Å²) < 4.78 is 5.00. The number of ether oxygens (including phenoxy) is 1. The van der Waals surface area contributed by atoms with Gasteiger partial charge in [0.1, 0.15) is 6.61 Å². The van der Waals surface area contributed by atoms with Gasteiger partial charge in [-0.1, -0.05) is 45.4 Å². The van der Waals surface area contributed by atoms with Crippen LogP contribution >= 0.6 is 0 Å². The monoisotopic (exact) mass is 298 g/mol. The maximum absolute atomic E-state index is 10.7. The molecular weight excluding hydrogens is 264 g/mol. The van der Waals surface area contributed by atoms with E-state index in [4.69, 9.17) is 4.74 Å². The minimum Gasteiger partial charge on any atom is -0.465 e. The van der Waals surface area contributed by atoms with Crippen LogP contribution in [0, 0.1) is 0 Å². The van der Waals surface area contributed by atoms with E-state index in [0.717, 1.165) is 32.7 Å². The first-order valence-corrected chi connectivity index (χ1v) is 8.80. The fraction of sp³-hybridized carbons (Fsp3) is 0.941. The first-order valence-electron chi connectivity index (χ1n) is 8.80. The molecule has 0 aromatic rings. The Kier molecular flexibility index (Phi) is 10.5. The molecule has 0 saturated carbocycles. The number of hydrogen-bond acceptors (Lipinski definition) is 4. The van der Waals surface area contributed by atoms with Crippen molar-refractivity contribution in [1.82, 2.24) is 9.80 Å². The van der Waals surface area contributed by atoms with Crippen LogP contribution < -0.4 is 0 Å². The summed E-state index contributed by atoms with van der Waals surface area (Å²) in [5.74, 6) is -0.174. The van der Waals surface area contributed by atoms with Crippen LogP contribution in [0.2, 0.25) is 0 Å². The van der Waals surface area contributed by atoms with Crippen molar-refractivity contribution in [2.75, 3.05) is 45.9 Å². The van der Waals surface area contributed by atoms with Crippen LogP contribution in [0.15, 0.2) is 0 Å². The van der Waals surface area contributed by atoms with Crippen LogP contribution in [0.3, 0.4) is 0 Å². The number of unbranched alkanes of at least 4 members (excludes halogenated alkanes) is 6. The highest BCUT2D eigenvalue weighted by Gasteiger charge is 2.16. The largest absolute Gasteiger partial charge is 0.465 e. The van der Waals surface area contributed by atoms with Gasteiger partial charge in [-0.2, -0.15) is 0 Å². The summed E-state index contributed by atoms with van der Waals surface area (Å²) in [5.41, 5.74) is 0. The van der Waals surface area contributed by atoms with E-state index in [9.17, 15) is 4.79 Å². The van der Waals surface area contributed by atoms with E-state index in [2.05, 4.69) is 16.7 Å². The Morgan fingerprint density at radius 2 is 1.38 bits per heavy atom. The van der Waals surface area contributed by atoms with E-state index in [1.54, 1.807) is 0 Å². The van der Waals surface area contributed by atoms with Gasteiger partial charge in [0.25, 0.3) is 0 Å². The lowest BCUT2D eigenvalue weighted by Crippen LogP contribution is -2.47. The van der Waals surface area contributed by atoms with E-state index in [0.29, 0.717) is 6.61 Å². The molecule has 0 N–H and O–H groups in total. The molecule has 124 valence electrons. The SMILES string of the molecule is CCCCCCCCCN1CCN(CCOC(C)=O)CC1. The fourth-order valence-electron chi connectivity index (χ4n) is 2.85. The zero-order chi connectivity index (χ0) is 15.3. The third-order valence-electron chi connectivity index (χ3n) is 4.26. The highest BCUT2D eigenvalue weighted by atomic mass is 16.5. The molecule has 0 aromatic carbocycles. The zero-order valence-electron chi connectivity index (χ0n) is 14.1. The smallest absolute Gasteiger partial charge is 0.302 e. The summed E-state index contributed by atoms with van der Waals surface area (Å²) in [6.07, 6.45) is 9.70. The molecule has 0 aromatic heterocycles. The van der Waals surface area contributed by atoms with Crippen LogP contribution in [0.4, 0.5) is 0 Å². The number of esters is 1. The van der Waals surface area contributed by atoms with Gasteiger partial charge in [0.2, 0.25) is 0 Å². The lowest BCUT2D eigenvalue weighted by atomic mass is 10.1. The Morgan fingerprint density at radius 3 is 1.95 bits per heavy atom. The first kappa shape index (κ1) is 18.4. The molecule has 0 unspecified atom stereocenters. The predicted molar refractivity (Wildman–Crippen MR) is 87.5 cm³/mol. The van der Waals surface area contributed by atoms with Crippen molar-refractivity contribution in [3.8, 4) is 0 Å². The molecule has 1 saturated heterocycles. The van der Waals surface area contributed by atoms with Gasteiger partial charge in [-0.05, 0) is 13.0 Å². The van der Waals surface area contributed by atoms with Gasteiger partial charge < -0.3 is 9.64 Å². The fourth-order valence-corrected chi connectivity index (χ4v) is 2.85. The van der Waals surface area contributed by atoms with Crippen molar-refractivity contribution >= 4 is 5.97 Å². The number of nitrogens with zero attached hydrogens (tertiary/aromatic N) is 2. The van der Waals surface area contributed by atoms with Gasteiger partial charge in [-0.25, -0.2) is 0 Å². The number of hydrogen-bond donors (Lipinski definition) is 0. The second-order valence-corrected chi connectivity index (χ2v) is 6.14. The maximum Gasteiger partial charge on any atom is 0.302 e. The van der Waals surface area contributed by atoms with Gasteiger partial charge in [-0.15, -0.1) is 0 Å². The lowest BCUT2D eigenvalue weighted by Gasteiger charge is -2.34. The number of rotatable bonds is 11. The molecule has 4 nitrogen and oxygen atoms in total. The number of carbonyl (C=O) groups is 1. The van der Waals surface area contributed by atoms with E-state index in [-0.39, 0.29) is 5.97 Å². The molecule has 21 heavy (non-hydrogen) atoms. The van der Waals surface area contributed by atoms with Crippen LogP contribution in [0.1, 0.15) is 58.8 Å². The average Bonchev–Trinajstić information content (AvgIpc) is 2.47. The molecule has 1 aliphatic heterocycles. The van der Waals surface area contributed by atoms with Crippen molar-refractivity contribution < 1.29 is 9.53 Å². The molecule has 0 amide bonds. The maximum atomic E-state index is 10.7. The first-order chi connectivity index (χ1) is 10.2. The molecule has 0 bridgehead atoms. The minimum atomic E-state index is -0.174. The molecule has 1 aliphatic rings. The standard InChI is InChI=1S/C17H34N2O2/c1-3-4-5-6-7-8-9-10-18-11-13-19(14-12-18)15-16-21-17(2)20/h3-16H2,1-2H3. The van der Waals surface area contributed by atoms with Gasteiger partial charge in [0.15, 0.2) is 0 Å². The van der Waals surface area contributed by atoms with Crippen molar-refractivity contribution in [3.05, 3.63) is 0 Å². The van der Waals surface area contributed by atoms with Crippen molar-refractivity contribution in [3.63, 3.8) is 0 Å². The quantitative estimate of drug-likeness (QED) is 0.434. The molecule has 0 spiro atoms. The van der Waals surface area contributed by atoms with Crippen molar-refractivity contribution in [2.24, 2.45) is 0 Å². The summed E-state index contributed by atoms with van der Waals surface area (Å²) in [4.78, 5) is 15.7. The zero-order valence-corrected chi connectivity index (χ0v) is 14.1. The predicted octanol–water partition coefficient (Wildman–Crippen LogP) is 2.92. The van der Waals surface area contributed by atoms with E-state index in [1.165, 1.54) is 58.4 Å². The van der Waals surface area contributed by atoms with Crippen molar-refractivity contribution in [2.45, 2.75) is 58.8 Å². The van der Waals surface area contributed by atoms with Gasteiger partial charge in [0.05, 0.1) is 0 Å². The van der Waals surface area contributed by atoms with E-state index < -0.39 is 0 Å². The molecule has 1 heterocycles. The topological polar surface area (TPSA) is 32.8 Å². The normalized spacial score (nSPS) is 17.0. The highest BCUT2D eigenvalue weighted by Crippen LogP contribution is 2.09. The minimum absolute atomic E-state index is 0.174. The second kappa shape index (κ2) is 12.0. The molecular formula is C17H34N2O2. The number of piperazine rings is 1. The van der Waals surface area contributed by atoms with E-state index >= 15 is 0 Å². The molecule has 0 atom stereocenters. The Morgan fingerprint density at radius 1 is 0.857 bits per heavy atom. The molecule has 0 aliphatic carbocycles. The highest BCUT2D eigenvalue weighted by molar-refractivity contribution is 5.65. The average molecular weight is 298 g/mol. The van der Waals surface area contributed by atoms with Gasteiger partial charge in [-0.3, -0.25) is 9.69 Å². The van der Waals surface area contributed by atoms with Crippen LogP contribution in [-0.4, -0.2) is 61.6 Å². The van der Waals surface area contributed by atoms with Gasteiger partial charge >= 0.3 is 5.97 Å². The molecule has 0 radical (unpaired) electrons. The summed E-state index contributed by atoms with van der Waals surface area (Å²) in [5, 5.41) is 0. The van der Waals surface area contributed by atoms with Gasteiger partial charge in [0, 0.05) is 39.6 Å². The lowest BCUT2D eigenvalue weighted by molar-refractivity contribution is -0.141. The molecule has 1 rings (SSSR count). The Bertz CT molecular complexity index is 264. The third-order valence-corrected chi connectivity index (χ3v) is 4.26. The second-order valence-electron chi connectivity index (χ2n) is 6.14. The van der Waals surface area contributed by atoms with E-state index in [1.807, 2.05) is 0 Å². The molecule has 1 fully saturated rings. The van der Waals surface area contributed by atoms with Crippen LogP contribution in [-0.2, 0) is 9.53 Å². The Hall–Kier alpha value is -0.610. The summed E-state index contributed by atoms with van der Waals surface area (Å²) in [6.45, 7) is 11.0. The third kappa shape index (κ3) is 9.86. The summed E-state index contributed by atoms with van der Waals surface area (Å²) in [7, 11) is 0. The Balaban J connectivity index is 1.92. The molecule has 4 heteroatoms.